The highest BCUT2D eigenvalue weighted by molar-refractivity contribution is 7.89. The summed E-state index contributed by atoms with van der Waals surface area (Å²) in [6.45, 7) is 2.31. The Labute approximate surface area is 124 Å². The maximum absolute atomic E-state index is 12.8. The summed E-state index contributed by atoms with van der Waals surface area (Å²) in [5, 5.41) is 9.05. The first-order valence-electron chi connectivity index (χ1n) is 6.81. The van der Waals surface area contributed by atoms with Crippen molar-refractivity contribution in [1.82, 2.24) is 4.31 Å². The molecule has 1 saturated heterocycles. The fraction of sp³-hybridized carbons (Fsp3) is 0.500. The van der Waals surface area contributed by atoms with E-state index in [-0.39, 0.29) is 22.3 Å². The van der Waals surface area contributed by atoms with Crippen LogP contribution in [0.25, 0.3) is 0 Å². The Kier molecular flexibility index (Phi) is 4.53. The molecule has 2 rings (SSSR count). The first-order valence-corrected chi connectivity index (χ1v) is 8.25. The first-order chi connectivity index (χ1) is 9.87. The van der Waals surface area contributed by atoms with Crippen molar-refractivity contribution in [3.63, 3.8) is 0 Å². The molecule has 0 radical (unpaired) electrons. The Morgan fingerprint density at radius 3 is 2.67 bits per heavy atom. The van der Waals surface area contributed by atoms with Crippen molar-refractivity contribution >= 4 is 16.0 Å². The van der Waals surface area contributed by atoms with E-state index in [4.69, 9.17) is 9.84 Å². The topological polar surface area (TPSA) is 83.9 Å². The number of nitrogens with zero attached hydrogens (tertiary/aromatic N) is 1. The maximum Gasteiger partial charge on any atom is 0.335 e. The Bertz CT molecular complexity index is 641. The summed E-state index contributed by atoms with van der Waals surface area (Å²) < 4.78 is 32.1. The highest BCUT2D eigenvalue weighted by Crippen LogP contribution is 2.31. The van der Waals surface area contributed by atoms with Gasteiger partial charge in [-0.3, -0.25) is 0 Å². The minimum Gasteiger partial charge on any atom is -0.495 e. The second-order valence-electron chi connectivity index (χ2n) is 5.13. The molecule has 116 valence electrons. The molecule has 0 spiro atoms. The molecule has 1 aliphatic heterocycles. The van der Waals surface area contributed by atoms with Gasteiger partial charge in [0.25, 0.3) is 0 Å². The van der Waals surface area contributed by atoms with E-state index >= 15 is 0 Å². The monoisotopic (exact) mass is 313 g/mol. The van der Waals surface area contributed by atoms with Crippen LogP contribution in [0.3, 0.4) is 0 Å². The summed E-state index contributed by atoms with van der Waals surface area (Å²) in [5.74, 6) is -1.00. The average Bonchev–Trinajstić information content (AvgIpc) is 2.46. The minimum atomic E-state index is -3.76. The summed E-state index contributed by atoms with van der Waals surface area (Å²) in [7, 11) is -2.40. The number of carboxylic acids is 1. The molecule has 0 aliphatic carbocycles. The van der Waals surface area contributed by atoms with E-state index in [1.165, 1.54) is 23.5 Å². The van der Waals surface area contributed by atoms with Crippen LogP contribution in [-0.4, -0.2) is 43.5 Å². The van der Waals surface area contributed by atoms with Crippen LogP contribution >= 0.6 is 0 Å². The second kappa shape index (κ2) is 6.03. The van der Waals surface area contributed by atoms with E-state index in [9.17, 15) is 13.2 Å². The summed E-state index contributed by atoms with van der Waals surface area (Å²) in [4.78, 5) is 11.0. The van der Waals surface area contributed by atoms with Crippen LogP contribution in [0.1, 0.15) is 36.5 Å². The zero-order valence-electron chi connectivity index (χ0n) is 12.1. The molecule has 0 aromatic heterocycles. The lowest BCUT2D eigenvalue weighted by atomic mass is 10.1. The smallest absolute Gasteiger partial charge is 0.335 e. The van der Waals surface area contributed by atoms with Gasteiger partial charge in [-0.25, -0.2) is 13.2 Å². The van der Waals surface area contributed by atoms with Crippen molar-refractivity contribution < 1.29 is 23.1 Å². The van der Waals surface area contributed by atoms with Crippen LogP contribution in [-0.2, 0) is 10.0 Å². The van der Waals surface area contributed by atoms with Gasteiger partial charge in [0.15, 0.2) is 0 Å². The van der Waals surface area contributed by atoms with Gasteiger partial charge in [0, 0.05) is 12.6 Å². The first kappa shape index (κ1) is 15.8. The molecule has 1 heterocycles. The van der Waals surface area contributed by atoms with Crippen LogP contribution in [0.5, 0.6) is 5.75 Å². The Hall–Kier alpha value is -1.60. The second-order valence-corrected chi connectivity index (χ2v) is 6.99. The number of piperidine rings is 1. The van der Waals surface area contributed by atoms with E-state index < -0.39 is 16.0 Å². The lowest BCUT2D eigenvalue weighted by molar-refractivity contribution is 0.0696. The zero-order valence-corrected chi connectivity index (χ0v) is 12.9. The van der Waals surface area contributed by atoms with E-state index in [0.717, 1.165) is 25.3 Å². The number of hydrogen-bond donors (Lipinski definition) is 1. The Balaban J connectivity index is 2.52. The van der Waals surface area contributed by atoms with Crippen molar-refractivity contribution in [2.45, 2.75) is 37.1 Å². The lowest BCUT2D eigenvalue weighted by Crippen LogP contribution is -2.42. The van der Waals surface area contributed by atoms with Crippen LogP contribution in [0.4, 0.5) is 0 Å². The number of methoxy groups -OCH3 is 1. The maximum atomic E-state index is 12.8. The molecular weight excluding hydrogens is 294 g/mol. The Morgan fingerprint density at radius 2 is 2.10 bits per heavy atom. The van der Waals surface area contributed by atoms with Gasteiger partial charge in [-0.15, -0.1) is 0 Å². The van der Waals surface area contributed by atoms with Gasteiger partial charge in [-0.1, -0.05) is 6.42 Å². The predicted octanol–water partition coefficient (Wildman–Crippen LogP) is 1.96. The highest BCUT2D eigenvalue weighted by atomic mass is 32.2. The molecule has 7 heteroatoms. The summed E-state index contributed by atoms with van der Waals surface area (Å²) in [6, 6.07) is 3.78. The van der Waals surface area contributed by atoms with Crippen LogP contribution in [0.15, 0.2) is 23.1 Å². The molecule has 6 nitrogen and oxygen atoms in total. The molecule has 21 heavy (non-hydrogen) atoms. The summed E-state index contributed by atoms with van der Waals surface area (Å²) in [6.07, 6.45) is 2.62. The van der Waals surface area contributed by atoms with Crippen molar-refractivity contribution in [2.24, 2.45) is 0 Å². The van der Waals surface area contributed by atoms with Gasteiger partial charge in [0.05, 0.1) is 12.7 Å². The minimum absolute atomic E-state index is 0.0703. The fourth-order valence-corrected chi connectivity index (χ4v) is 4.45. The van der Waals surface area contributed by atoms with E-state index in [2.05, 4.69) is 0 Å². The molecule has 0 saturated carbocycles. The summed E-state index contributed by atoms with van der Waals surface area (Å²) >= 11 is 0. The average molecular weight is 313 g/mol. The van der Waals surface area contributed by atoms with Gasteiger partial charge in [-0.05, 0) is 38.0 Å². The van der Waals surface area contributed by atoms with Gasteiger partial charge >= 0.3 is 5.97 Å². The van der Waals surface area contributed by atoms with Gasteiger partial charge in [0.1, 0.15) is 10.6 Å². The molecule has 1 aliphatic rings. The zero-order chi connectivity index (χ0) is 15.6. The molecule has 0 bridgehead atoms. The highest BCUT2D eigenvalue weighted by Gasteiger charge is 2.33. The third-order valence-electron chi connectivity index (χ3n) is 3.74. The van der Waals surface area contributed by atoms with Gasteiger partial charge in [-0.2, -0.15) is 4.31 Å². The van der Waals surface area contributed by atoms with E-state index in [1.54, 1.807) is 0 Å². The quantitative estimate of drug-likeness (QED) is 0.918. The fourth-order valence-electron chi connectivity index (χ4n) is 2.57. The van der Waals surface area contributed by atoms with Crippen molar-refractivity contribution in [2.75, 3.05) is 13.7 Å². The summed E-state index contributed by atoms with van der Waals surface area (Å²) in [5.41, 5.74) is -0.0703. The molecule has 1 atom stereocenters. The third kappa shape index (κ3) is 3.03. The number of hydrogen-bond acceptors (Lipinski definition) is 4. The Morgan fingerprint density at radius 1 is 1.38 bits per heavy atom. The molecule has 0 unspecified atom stereocenters. The SMILES string of the molecule is COc1ccc(C(=O)O)cc1S(=O)(=O)N1CCCC[C@@H]1C. The number of ether oxygens (including phenoxy) is 1. The molecule has 1 aromatic carbocycles. The van der Waals surface area contributed by atoms with Gasteiger partial charge in [0.2, 0.25) is 10.0 Å². The van der Waals surface area contributed by atoms with Crippen LogP contribution in [0, 0.1) is 0 Å². The number of aromatic carboxylic acids is 1. The number of rotatable bonds is 4. The van der Waals surface area contributed by atoms with Gasteiger partial charge < -0.3 is 9.84 Å². The third-order valence-corrected chi connectivity index (χ3v) is 5.77. The number of carbonyl (C=O) groups is 1. The predicted molar refractivity (Wildman–Crippen MR) is 77.2 cm³/mol. The molecule has 1 fully saturated rings. The largest absolute Gasteiger partial charge is 0.495 e. The molecule has 1 aromatic rings. The number of sulfonamides is 1. The number of benzene rings is 1. The normalized spacial score (nSPS) is 20.2. The van der Waals surface area contributed by atoms with Crippen LogP contribution < -0.4 is 4.74 Å². The van der Waals surface area contributed by atoms with Crippen molar-refractivity contribution in [3.8, 4) is 5.75 Å². The molecule has 1 N–H and O–H groups in total. The van der Waals surface area contributed by atoms with Crippen LogP contribution in [0.2, 0.25) is 0 Å². The molecular formula is C14H19NO5S. The van der Waals surface area contributed by atoms with Crippen molar-refractivity contribution in [1.29, 1.82) is 0 Å². The standard InChI is InChI=1S/C14H19NO5S/c1-10-5-3-4-8-15(10)21(18,19)13-9-11(14(16)17)6-7-12(13)20-2/h6-7,9-10H,3-5,8H2,1-2H3,(H,16,17)/t10-/m0/s1. The molecule has 0 amide bonds. The van der Waals surface area contributed by atoms with Crippen molar-refractivity contribution in [3.05, 3.63) is 23.8 Å². The van der Waals surface area contributed by atoms with E-state index in [1.807, 2.05) is 6.92 Å². The lowest BCUT2D eigenvalue weighted by Gasteiger charge is -2.32. The number of carboxylic acid groups (broad SMARTS) is 1. The van der Waals surface area contributed by atoms with E-state index in [0.29, 0.717) is 6.54 Å².